The van der Waals surface area contributed by atoms with Crippen molar-refractivity contribution in [3.05, 3.63) is 94.8 Å². The average Bonchev–Trinajstić information content (AvgIpc) is 3.34. The minimum absolute atomic E-state index is 0.403. The first-order chi connectivity index (χ1) is 17.7. The molecular weight excluding hydrogens is 444 g/mol. The Kier molecular flexibility index (Phi) is 6.32. The molecule has 1 fully saturated rings. The maximum atomic E-state index is 6.25. The van der Waals surface area contributed by atoms with Crippen molar-refractivity contribution in [2.24, 2.45) is 0 Å². The van der Waals surface area contributed by atoms with Crippen molar-refractivity contribution in [1.82, 2.24) is 14.9 Å². The Morgan fingerprint density at radius 1 is 0.917 bits per heavy atom. The number of hydrogen-bond donors (Lipinski definition) is 0. The number of hydrogen-bond acceptors (Lipinski definition) is 5. The second-order valence-corrected chi connectivity index (χ2v) is 10.2. The lowest BCUT2D eigenvalue weighted by molar-refractivity contribution is 0.159. The molecule has 2 aliphatic heterocycles. The summed E-state index contributed by atoms with van der Waals surface area (Å²) in [4.78, 5) is 14.7. The third kappa shape index (κ3) is 4.56. The third-order valence-corrected chi connectivity index (χ3v) is 7.82. The molecule has 0 amide bonds. The van der Waals surface area contributed by atoms with E-state index in [2.05, 4.69) is 90.4 Å². The van der Waals surface area contributed by atoms with Gasteiger partial charge in [0.2, 0.25) is 0 Å². The minimum atomic E-state index is 0.403. The first-order valence-electron chi connectivity index (χ1n) is 13.2. The Balaban J connectivity index is 1.19. The van der Waals surface area contributed by atoms with Gasteiger partial charge >= 0.3 is 6.01 Å². The van der Waals surface area contributed by atoms with Crippen LogP contribution in [-0.2, 0) is 19.5 Å². The molecule has 0 saturated carbocycles. The van der Waals surface area contributed by atoms with Crippen LogP contribution >= 0.6 is 0 Å². The lowest BCUT2D eigenvalue weighted by atomic mass is 9.99. The highest BCUT2D eigenvalue weighted by molar-refractivity contribution is 5.96. The zero-order valence-electron chi connectivity index (χ0n) is 21.3. The molecule has 5 heteroatoms. The van der Waals surface area contributed by atoms with Crippen LogP contribution in [0.5, 0.6) is 6.01 Å². The molecule has 1 saturated heterocycles. The van der Waals surface area contributed by atoms with Crippen molar-refractivity contribution in [2.75, 3.05) is 24.6 Å². The van der Waals surface area contributed by atoms with Crippen LogP contribution in [0.2, 0.25) is 0 Å². The number of rotatable bonds is 6. The van der Waals surface area contributed by atoms with Crippen LogP contribution in [0.15, 0.2) is 66.7 Å². The van der Waals surface area contributed by atoms with E-state index in [0.29, 0.717) is 18.7 Å². The number of likely N-dealkylation sites (tertiary alicyclic amines) is 1. The van der Waals surface area contributed by atoms with Crippen LogP contribution in [0, 0.1) is 13.8 Å². The number of fused-ring (bicyclic) bond motifs is 2. The van der Waals surface area contributed by atoms with E-state index in [0.717, 1.165) is 50.4 Å². The predicted octanol–water partition coefficient (Wildman–Crippen LogP) is 5.85. The maximum absolute atomic E-state index is 6.25. The fourth-order valence-electron chi connectivity index (χ4n) is 5.91. The van der Waals surface area contributed by atoms with Gasteiger partial charge in [-0.05, 0) is 67.8 Å². The summed E-state index contributed by atoms with van der Waals surface area (Å²) in [5.41, 5.74) is 7.39. The molecule has 0 unspecified atom stereocenters. The molecule has 184 valence electrons. The molecule has 4 aromatic rings. The van der Waals surface area contributed by atoms with Crippen molar-refractivity contribution in [2.45, 2.75) is 52.2 Å². The second kappa shape index (κ2) is 9.90. The van der Waals surface area contributed by atoms with Gasteiger partial charge in [-0.15, -0.1) is 0 Å². The Hall–Kier alpha value is -3.44. The average molecular weight is 479 g/mol. The zero-order chi connectivity index (χ0) is 24.5. The van der Waals surface area contributed by atoms with Crippen molar-refractivity contribution in [1.29, 1.82) is 0 Å². The Morgan fingerprint density at radius 2 is 1.75 bits per heavy atom. The number of benzene rings is 3. The molecule has 3 heterocycles. The van der Waals surface area contributed by atoms with E-state index in [4.69, 9.17) is 14.7 Å². The highest BCUT2D eigenvalue weighted by atomic mass is 16.5. The van der Waals surface area contributed by atoms with Gasteiger partial charge in [0.05, 0.1) is 12.2 Å². The van der Waals surface area contributed by atoms with Crippen LogP contribution in [0.3, 0.4) is 0 Å². The van der Waals surface area contributed by atoms with E-state index < -0.39 is 0 Å². The van der Waals surface area contributed by atoms with Gasteiger partial charge in [0, 0.05) is 35.9 Å². The maximum Gasteiger partial charge on any atom is 0.316 e. The van der Waals surface area contributed by atoms with E-state index in [-0.39, 0.29) is 0 Å². The van der Waals surface area contributed by atoms with E-state index in [1.54, 1.807) is 0 Å². The molecule has 0 aliphatic carbocycles. The second-order valence-electron chi connectivity index (χ2n) is 10.2. The number of nitrogens with zero attached hydrogens (tertiary/aromatic N) is 4. The van der Waals surface area contributed by atoms with Crippen LogP contribution in [0.25, 0.3) is 10.8 Å². The van der Waals surface area contributed by atoms with Crippen molar-refractivity contribution in [3.63, 3.8) is 0 Å². The molecule has 1 atom stereocenters. The topological polar surface area (TPSA) is 41.5 Å². The van der Waals surface area contributed by atoms with Crippen molar-refractivity contribution < 1.29 is 4.74 Å². The van der Waals surface area contributed by atoms with Gasteiger partial charge in [-0.3, -0.25) is 4.90 Å². The molecule has 3 aromatic carbocycles. The van der Waals surface area contributed by atoms with Gasteiger partial charge in [0.15, 0.2) is 0 Å². The van der Waals surface area contributed by atoms with Crippen LogP contribution < -0.4 is 9.64 Å². The Morgan fingerprint density at radius 3 is 2.61 bits per heavy atom. The molecule has 1 aromatic heterocycles. The van der Waals surface area contributed by atoms with Gasteiger partial charge in [0.1, 0.15) is 6.61 Å². The van der Waals surface area contributed by atoms with Gasteiger partial charge < -0.3 is 9.64 Å². The minimum Gasteiger partial charge on any atom is -0.462 e. The summed E-state index contributed by atoms with van der Waals surface area (Å²) in [6, 6.07) is 24.8. The highest BCUT2D eigenvalue weighted by Crippen LogP contribution is 2.33. The molecular formula is C31H34N4O. The molecule has 0 bridgehead atoms. The summed E-state index contributed by atoms with van der Waals surface area (Å²) in [7, 11) is 0. The first kappa shape index (κ1) is 23.0. The summed E-state index contributed by atoms with van der Waals surface area (Å²) < 4.78 is 6.25. The van der Waals surface area contributed by atoms with E-state index in [1.165, 1.54) is 39.6 Å². The van der Waals surface area contributed by atoms with E-state index >= 15 is 0 Å². The van der Waals surface area contributed by atoms with Crippen molar-refractivity contribution in [3.8, 4) is 6.01 Å². The molecule has 36 heavy (non-hydrogen) atoms. The standard InChI is InChI=1S/C31H34N4O/c1-22-9-6-12-25-13-7-15-29(30(22)25)35-18-16-27-23(2)32-31(33-28(27)20-35)36-21-26-14-8-17-34(26)19-24-10-4-3-5-11-24/h3-7,9-13,15,26H,8,14,16-21H2,1-2H3/t26-/m0/s1. The molecule has 5 nitrogen and oxygen atoms in total. The summed E-state index contributed by atoms with van der Waals surface area (Å²) in [6.07, 6.45) is 3.33. The number of ether oxygens (including phenoxy) is 1. The molecule has 2 aliphatic rings. The number of aryl methyl sites for hydroxylation is 2. The lowest BCUT2D eigenvalue weighted by Crippen LogP contribution is -2.34. The summed E-state index contributed by atoms with van der Waals surface area (Å²) in [5.74, 6) is 0. The van der Waals surface area contributed by atoms with Crippen LogP contribution in [-0.4, -0.2) is 40.6 Å². The molecule has 0 N–H and O–H groups in total. The zero-order valence-corrected chi connectivity index (χ0v) is 21.3. The Labute approximate surface area is 213 Å². The fourth-order valence-corrected chi connectivity index (χ4v) is 5.91. The highest BCUT2D eigenvalue weighted by Gasteiger charge is 2.27. The number of aromatic nitrogens is 2. The van der Waals surface area contributed by atoms with Gasteiger partial charge in [0.25, 0.3) is 0 Å². The molecule has 0 spiro atoms. The first-order valence-corrected chi connectivity index (χ1v) is 13.2. The smallest absolute Gasteiger partial charge is 0.316 e. The quantitative estimate of drug-likeness (QED) is 0.348. The van der Waals surface area contributed by atoms with Gasteiger partial charge in [-0.25, -0.2) is 4.98 Å². The lowest BCUT2D eigenvalue weighted by Gasteiger charge is -2.32. The number of anilines is 1. The third-order valence-electron chi connectivity index (χ3n) is 7.82. The Bertz CT molecular complexity index is 1360. The molecule has 6 rings (SSSR count). The fraction of sp³-hybridized carbons (Fsp3) is 0.355. The summed E-state index contributed by atoms with van der Waals surface area (Å²) >= 11 is 0. The summed E-state index contributed by atoms with van der Waals surface area (Å²) in [5, 5.41) is 2.63. The van der Waals surface area contributed by atoms with E-state index in [1.807, 2.05) is 0 Å². The van der Waals surface area contributed by atoms with Crippen LogP contribution in [0.4, 0.5) is 5.69 Å². The van der Waals surface area contributed by atoms with Gasteiger partial charge in [-0.1, -0.05) is 60.7 Å². The predicted molar refractivity (Wildman–Crippen MR) is 146 cm³/mol. The molecule has 0 radical (unpaired) electrons. The van der Waals surface area contributed by atoms with Crippen LogP contribution in [0.1, 0.15) is 40.9 Å². The SMILES string of the molecule is Cc1nc(OC[C@@H]2CCCN2Cc2ccccc2)nc2c1CCN(c1cccc3cccc(C)c13)C2. The van der Waals surface area contributed by atoms with Gasteiger partial charge in [-0.2, -0.15) is 4.98 Å². The monoisotopic (exact) mass is 478 g/mol. The largest absolute Gasteiger partial charge is 0.462 e. The summed E-state index contributed by atoms with van der Waals surface area (Å²) in [6.45, 7) is 8.78. The normalized spacial score (nSPS) is 17.9. The van der Waals surface area contributed by atoms with E-state index in [9.17, 15) is 0 Å². The van der Waals surface area contributed by atoms with Crippen molar-refractivity contribution >= 4 is 16.5 Å².